The first kappa shape index (κ1) is 10.5. The molecule has 4 heteroatoms. The van der Waals surface area contributed by atoms with Gasteiger partial charge in [0.1, 0.15) is 0 Å². The van der Waals surface area contributed by atoms with E-state index >= 15 is 0 Å². The Kier molecular flexibility index (Phi) is 3.94. The van der Waals surface area contributed by atoms with E-state index in [9.17, 15) is 5.11 Å². The summed E-state index contributed by atoms with van der Waals surface area (Å²) in [5.41, 5.74) is 0.581. The van der Waals surface area contributed by atoms with E-state index in [1.807, 2.05) is 0 Å². The molecule has 1 rings (SSSR count). The summed E-state index contributed by atoms with van der Waals surface area (Å²) in [6.45, 7) is 0.331. The van der Waals surface area contributed by atoms with E-state index in [2.05, 4.69) is 4.99 Å². The number of aromatic hydroxyl groups is 1. The number of hydrogen-bond donors (Lipinski definition) is 2. The van der Waals surface area contributed by atoms with E-state index in [-0.39, 0.29) is 12.4 Å². The Bertz CT molecular complexity index is 323. The van der Waals surface area contributed by atoms with E-state index in [1.165, 1.54) is 13.3 Å². The average Bonchev–Trinajstić information content (AvgIpc) is 2.21. The van der Waals surface area contributed by atoms with Crippen molar-refractivity contribution in [2.75, 3.05) is 20.3 Å². The van der Waals surface area contributed by atoms with E-state index in [4.69, 9.17) is 9.84 Å². The maximum atomic E-state index is 9.61. The molecule has 1 aromatic carbocycles. The van der Waals surface area contributed by atoms with Crippen molar-refractivity contribution in [1.29, 1.82) is 0 Å². The number of ether oxygens (including phenoxy) is 1. The molecule has 4 nitrogen and oxygen atoms in total. The van der Waals surface area contributed by atoms with Gasteiger partial charge in [-0.3, -0.25) is 4.99 Å². The van der Waals surface area contributed by atoms with Crippen LogP contribution in [0, 0.1) is 0 Å². The average molecular weight is 195 g/mol. The summed E-state index contributed by atoms with van der Waals surface area (Å²) in [6.07, 6.45) is 1.51. The number of aliphatic imine (C=N–C) groups is 1. The number of phenols is 1. The number of hydrogen-bond acceptors (Lipinski definition) is 4. The van der Waals surface area contributed by atoms with Gasteiger partial charge in [-0.05, 0) is 12.1 Å². The van der Waals surface area contributed by atoms with E-state index in [0.29, 0.717) is 17.9 Å². The van der Waals surface area contributed by atoms with Gasteiger partial charge in [0.2, 0.25) is 0 Å². The first-order valence-electron chi connectivity index (χ1n) is 4.26. The van der Waals surface area contributed by atoms with Gasteiger partial charge in [-0.25, -0.2) is 0 Å². The number of methoxy groups -OCH3 is 1. The zero-order valence-corrected chi connectivity index (χ0v) is 7.97. The van der Waals surface area contributed by atoms with Gasteiger partial charge in [-0.1, -0.05) is 6.07 Å². The van der Waals surface area contributed by atoms with Gasteiger partial charge in [-0.2, -0.15) is 0 Å². The number of rotatable bonds is 4. The van der Waals surface area contributed by atoms with E-state index < -0.39 is 0 Å². The fraction of sp³-hybridized carbons (Fsp3) is 0.300. The van der Waals surface area contributed by atoms with Crippen LogP contribution in [0.15, 0.2) is 23.2 Å². The molecule has 14 heavy (non-hydrogen) atoms. The summed E-state index contributed by atoms with van der Waals surface area (Å²) in [5, 5.41) is 18.1. The molecule has 1 aromatic rings. The predicted octanol–water partition coefficient (Wildman–Crippen LogP) is 0.812. The lowest BCUT2D eigenvalue weighted by Crippen LogP contribution is -1.91. The molecule has 76 valence electrons. The normalized spacial score (nSPS) is 10.7. The highest BCUT2D eigenvalue weighted by atomic mass is 16.5. The Labute approximate surface area is 82.5 Å². The fourth-order valence-electron chi connectivity index (χ4n) is 1.03. The van der Waals surface area contributed by atoms with Crippen molar-refractivity contribution in [1.82, 2.24) is 0 Å². The molecule has 0 fully saturated rings. The highest BCUT2D eigenvalue weighted by Gasteiger charge is 2.03. The second-order valence-corrected chi connectivity index (χ2v) is 2.66. The number of phenolic OH excluding ortho intramolecular Hbond substituents is 1. The lowest BCUT2D eigenvalue weighted by atomic mass is 10.2. The van der Waals surface area contributed by atoms with Gasteiger partial charge in [0.15, 0.2) is 11.5 Å². The van der Waals surface area contributed by atoms with Crippen LogP contribution in [0.4, 0.5) is 0 Å². The summed E-state index contributed by atoms with van der Waals surface area (Å²) in [7, 11) is 1.49. The Morgan fingerprint density at radius 3 is 2.93 bits per heavy atom. The van der Waals surface area contributed by atoms with Crippen LogP contribution in [0.2, 0.25) is 0 Å². The van der Waals surface area contributed by atoms with Gasteiger partial charge in [0.05, 0.1) is 20.3 Å². The summed E-state index contributed by atoms with van der Waals surface area (Å²) < 4.78 is 4.93. The van der Waals surface area contributed by atoms with Crippen molar-refractivity contribution in [2.24, 2.45) is 4.99 Å². The van der Waals surface area contributed by atoms with Crippen molar-refractivity contribution in [3.05, 3.63) is 23.8 Å². The van der Waals surface area contributed by atoms with Gasteiger partial charge in [0.25, 0.3) is 0 Å². The molecule has 0 aliphatic heterocycles. The summed E-state index contributed by atoms with van der Waals surface area (Å²) in [5.74, 6) is 0.481. The topological polar surface area (TPSA) is 62.0 Å². The second-order valence-electron chi connectivity index (χ2n) is 2.66. The third-order valence-corrected chi connectivity index (χ3v) is 1.71. The van der Waals surface area contributed by atoms with E-state index in [0.717, 1.165) is 0 Å². The molecule has 0 aliphatic rings. The molecule has 0 amide bonds. The van der Waals surface area contributed by atoms with Crippen molar-refractivity contribution in [3.8, 4) is 11.5 Å². The van der Waals surface area contributed by atoms with Gasteiger partial charge < -0.3 is 14.9 Å². The predicted molar refractivity (Wildman–Crippen MR) is 54.2 cm³/mol. The smallest absolute Gasteiger partial charge is 0.166 e. The van der Waals surface area contributed by atoms with Crippen LogP contribution >= 0.6 is 0 Å². The molecule has 0 radical (unpaired) electrons. The van der Waals surface area contributed by atoms with Crippen LogP contribution in [0.5, 0.6) is 11.5 Å². The lowest BCUT2D eigenvalue weighted by molar-refractivity contribution is 0.307. The molecular formula is C10H13NO3. The number of para-hydroxylation sites is 1. The van der Waals surface area contributed by atoms with Crippen molar-refractivity contribution in [2.45, 2.75) is 0 Å². The number of aliphatic hydroxyl groups excluding tert-OH is 1. The molecule has 0 bridgehead atoms. The summed E-state index contributed by atoms with van der Waals surface area (Å²) >= 11 is 0. The molecule has 0 atom stereocenters. The Morgan fingerprint density at radius 2 is 2.29 bits per heavy atom. The molecule has 0 spiro atoms. The standard InChI is InChI=1S/C10H13NO3/c1-14-9-4-2-3-8(10(9)13)7-11-5-6-12/h2-4,7,12-13H,5-6H2,1H3. The maximum Gasteiger partial charge on any atom is 0.166 e. The highest BCUT2D eigenvalue weighted by Crippen LogP contribution is 2.27. The third-order valence-electron chi connectivity index (χ3n) is 1.71. The maximum absolute atomic E-state index is 9.61. The number of benzene rings is 1. The molecule has 0 aliphatic carbocycles. The molecule has 0 heterocycles. The van der Waals surface area contributed by atoms with Crippen molar-refractivity contribution >= 4 is 6.21 Å². The largest absolute Gasteiger partial charge is 0.504 e. The molecule has 0 saturated carbocycles. The minimum absolute atomic E-state index is 0.00122. The quantitative estimate of drug-likeness (QED) is 0.699. The van der Waals surface area contributed by atoms with Crippen LogP contribution < -0.4 is 4.74 Å². The minimum Gasteiger partial charge on any atom is -0.504 e. The van der Waals surface area contributed by atoms with E-state index in [1.54, 1.807) is 18.2 Å². The molecule has 0 saturated heterocycles. The number of nitrogens with zero attached hydrogens (tertiary/aromatic N) is 1. The molecule has 2 N–H and O–H groups in total. The van der Waals surface area contributed by atoms with Gasteiger partial charge >= 0.3 is 0 Å². The first-order chi connectivity index (χ1) is 6.79. The number of aliphatic hydroxyl groups is 1. The zero-order valence-electron chi connectivity index (χ0n) is 7.97. The second kappa shape index (κ2) is 5.24. The molecule has 0 aromatic heterocycles. The van der Waals surface area contributed by atoms with Gasteiger partial charge in [-0.15, -0.1) is 0 Å². The Morgan fingerprint density at radius 1 is 1.50 bits per heavy atom. The van der Waals surface area contributed by atoms with Crippen LogP contribution in [0.25, 0.3) is 0 Å². The minimum atomic E-state index is 0.00122. The van der Waals surface area contributed by atoms with Gasteiger partial charge in [0, 0.05) is 11.8 Å². The monoisotopic (exact) mass is 195 g/mol. The lowest BCUT2D eigenvalue weighted by Gasteiger charge is -2.04. The van der Waals surface area contributed by atoms with Crippen LogP contribution in [-0.2, 0) is 0 Å². The zero-order chi connectivity index (χ0) is 10.4. The third kappa shape index (κ3) is 2.47. The fourth-order valence-corrected chi connectivity index (χ4v) is 1.03. The van der Waals surface area contributed by atoms with Crippen molar-refractivity contribution < 1.29 is 14.9 Å². The van der Waals surface area contributed by atoms with Crippen LogP contribution in [0.1, 0.15) is 5.56 Å². The summed E-state index contributed by atoms with van der Waals surface area (Å²) in [4.78, 5) is 3.91. The van der Waals surface area contributed by atoms with Crippen molar-refractivity contribution in [3.63, 3.8) is 0 Å². The van der Waals surface area contributed by atoms with Crippen LogP contribution in [-0.4, -0.2) is 36.7 Å². The Balaban J connectivity index is 2.86. The first-order valence-corrected chi connectivity index (χ1v) is 4.26. The molecule has 0 unspecified atom stereocenters. The molecular weight excluding hydrogens is 182 g/mol. The SMILES string of the molecule is COc1cccc(C=NCCO)c1O. The highest BCUT2D eigenvalue weighted by molar-refractivity contribution is 5.84. The Hall–Kier alpha value is -1.55. The van der Waals surface area contributed by atoms with Crippen LogP contribution in [0.3, 0.4) is 0 Å². The summed E-state index contributed by atoms with van der Waals surface area (Å²) in [6, 6.07) is 5.15.